The number of hydrogen-bond acceptors (Lipinski definition) is 3. The Bertz CT molecular complexity index is 757. The number of halogens is 1. The highest BCUT2D eigenvalue weighted by Gasteiger charge is 2.30. The Balaban J connectivity index is 1.86. The quantitative estimate of drug-likeness (QED) is 0.810. The van der Waals surface area contributed by atoms with Gasteiger partial charge in [-0.15, -0.1) is 0 Å². The van der Waals surface area contributed by atoms with Gasteiger partial charge in [-0.25, -0.2) is 9.18 Å². The molecular formula is C19H18FNO3. The Morgan fingerprint density at radius 2 is 1.83 bits per heavy atom. The number of likely N-dealkylation sites (tertiary alicyclic amines) is 1. The second kappa shape index (κ2) is 6.83. The van der Waals surface area contributed by atoms with Gasteiger partial charge in [0.25, 0.3) is 5.91 Å². The number of ether oxygens (including phenoxy) is 1. The number of carbonyl (C=O) groups is 2. The summed E-state index contributed by atoms with van der Waals surface area (Å²) in [6, 6.07) is 12.7. The zero-order valence-corrected chi connectivity index (χ0v) is 13.4. The summed E-state index contributed by atoms with van der Waals surface area (Å²) in [5, 5.41) is 0. The van der Waals surface area contributed by atoms with Crippen LogP contribution in [-0.4, -0.2) is 30.4 Å². The Kier molecular flexibility index (Phi) is 4.60. The van der Waals surface area contributed by atoms with Gasteiger partial charge in [0.05, 0.1) is 18.7 Å². The minimum atomic E-state index is -0.471. The molecule has 1 heterocycles. The van der Waals surface area contributed by atoms with E-state index in [9.17, 15) is 14.0 Å². The molecule has 0 saturated carbocycles. The lowest BCUT2D eigenvalue weighted by Crippen LogP contribution is -2.30. The molecule has 1 aliphatic rings. The molecule has 0 unspecified atom stereocenters. The van der Waals surface area contributed by atoms with Crippen molar-refractivity contribution in [2.24, 2.45) is 0 Å². The number of amides is 1. The minimum Gasteiger partial charge on any atom is -0.465 e. The van der Waals surface area contributed by atoms with Crippen molar-refractivity contribution in [1.29, 1.82) is 0 Å². The molecule has 0 aliphatic carbocycles. The van der Waals surface area contributed by atoms with Crippen LogP contribution in [0.5, 0.6) is 0 Å². The molecule has 124 valence electrons. The van der Waals surface area contributed by atoms with Crippen LogP contribution in [0, 0.1) is 5.82 Å². The minimum absolute atomic E-state index is 0.0696. The van der Waals surface area contributed by atoms with Crippen molar-refractivity contribution >= 4 is 11.9 Å². The molecule has 0 spiro atoms. The lowest BCUT2D eigenvalue weighted by molar-refractivity contribution is 0.0600. The summed E-state index contributed by atoms with van der Waals surface area (Å²) in [6.45, 7) is 0.642. The van der Waals surface area contributed by atoms with E-state index in [-0.39, 0.29) is 17.8 Å². The molecule has 2 aromatic rings. The smallest absolute Gasteiger partial charge is 0.337 e. The summed E-state index contributed by atoms with van der Waals surface area (Å²) in [5.41, 5.74) is 1.72. The molecule has 4 nitrogen and oxygen atoms in total. The van der Waals surface area contributed by atoms with Gasteiger partial charge >= 0.3 is 5.97 Å². The summed E-state index contributed by atoms with van der Waals surface area (Å²) in [5.74, 6) is -0.894. The maximum absolute atomic E-state index is 13.1. The third kappa shape index (κ3) is 3.15. The second-order valence-electron chi connectivity index (χ2n) is 5.78. The van der Waals surface area contributed by atoms with E-state index in [1.54, 1.807) is 41.3 Å². The maximum Gasteiger partial charge on any atom is 0.337 e. The molecule has 1 aliphatic heterocycles. The number of nitrogens with zero attached hydrogens (tertiary/aromatic N) is 1. The van der Waals surface area contributed by atoms with Gasteiger partial charge in [0, 0.05) is 12.1 Å². The van der Waals surface area contributed by atoms with Crippen LogP contribution < -0.4 is 0 Å². The molecule has 1 saturated heterocycles. The normalized spacial score (nSPS) is 16.9. The zero-order valence-electron chi connectivity index (χ0n) is 13.4. The van der Waals surface area contributed by atoms with E-state index in [2.05, 4.69) is 0 Å². The third-order valence-corrected chi connectivity index (χ3v) is 4.30. The largest absolute Gasteiger partial charge is 0.465 e. The number of rotatable bonds is 3. The highest BCUT2D eigenvalue weighted by molar-refractivity contribution is 5.98. The van der Waals surface area contributed by atoms with Crippen molar-refractivity contribution in [2.75, 3.05) is 13.7 Å². The molecule has 1 amide bonds. The van der Waals surface area contributed by atoms with Crippen molar-refractivity contribution in [3.8, 4) is 0 Å². The van der Waals surface area contributed by atoms with Crippen LogP contribution in [0.4, 0.5) is 4.39 Å². The lowest BCUT2D eigenvalue weighted by atomic mass is 10.0. The van der Waals surface area contributed by atoms with E-state index in [1.165, 1.54) is 19.2 Å². The number of hydrogen-bond donors (Lipinski definition) is 0. The van der Waals surface area contributed by atoms with E-state index in [0.29, 0.717) is 17.7 Å². The second-order valence-corrected chi connectivity index (χ2v) is 5.78. The van der Waals surface area contributed by atoms with Crippen molar-refractivity contribution < 1.29 is 18.7 Å². The van der Waals surface area contributed by atoms with Gasteiger partial charge in [-0.1, -0.05) is 18.2 Å². The van der Waals surface area contributed by atoms with Crippen molar-refractivity contribution in [2.45, 2.75) is 18.9 Å². The molecule has 3 rings (SSSR count). The van der Waals surface area contributed by atoms with E-state index < -0.39 is 5.97 Å². The van der Waals surface area contributed by atoms with Gasteiger partial charge in [-0.05, 0) is 48.7 Å². The van der Waals surface area contributed by atoms with E-state index in [0.717, 1.165) is 18.4 Å². The third-order valence-electron chi connectivity index (χ3n) is 4.30. The monoisotopic (exact) mass is 327 g/mol. The highest BCUT2D eigenvalue weighted by Crippen LogP contribution is 2.33. The van der Waals surface area contributed by atoms with Crippen LogP contribution in [0.25, 0.3) is 0 Å². The van der Waals surface area contributed by atoms with Crippen LogP contribution in [0.3, 0.4) is 0 Å². The standard InChI is InChI=1S/C19H18FNO3/c1-24-19(23)15-5-2-4-14(12-15)18(22)21-11-3-6-17(21)13-7-9-16(20)10-8-13/h2,4-5,7-10,12,17H,3,6,11H2,1H3/t17-/m1/s1. The van der Waals surface area contributed by atoms with Gasteiger partial charge < -0.3 is 9.64 Å². The lowest BCUT2D eigenvalue weighted by Gasteiger charge is -2.25. The molecule has 1 fully saturated rings. The van der Waals surface area contributed by atoms with Crippen LogP contribution >= 0.6 is 0 Å². The number of carbonyl (C=O) groups excluding carboxylic acids is 2. The highest BCUT2D eigenvalue weighted by atomic mass is 19.1. The van der Waals surface area contributed by atoms with E-state index >= 15 is 0 Å². The fourth-order valence-electron chi connectivity index (χ4n) is 3.10. The van der Waals surface area contributed by atoms with Crippen LogP contribution in [-0.2, 0) is 4.74 Å². The van der Waals surface area contributed by atoms with Crippen molar-refractivity contribution in [1.82, 2.24) is 4.90 Å². The molecule has 0 bridgehead atoms. The molecule has 1 atom stereocenters. The fourth-order valence-corrected chi connectivity index (χ4v) is 3.10. The summed E-state index contributed by atoms with van der Waals surface area (Å²) >= 11 is 0. The number of esters is 1. The molecule has 0 aromatic heterocycles. The first-order valence-corrected chi connectivity index (χ1v) is 7.85. The molecule has 0 N–H and O–H groups in total. The molecule has 2 aromatic carbocycles. The average molecular weight is 327 g/mol. The van der Waals surface area contributed by atoms with Crippen LogP contribution in [0.2, 0.25) is 0 Å². The fraction of sp³-hybridized carbons (Fsp3) is 0.263. The number of methoxy groups -OCH3 is 1. The Morgan fingerprint density at radius 3 is 2.54 bits per heavy atom. The number of benzene rings is 2. The van der Waals surface area contributed by atoms with Gasteiger partial charge in [0.1, 0.15) is 5.82 Å². The molecule has 5 heteroatoms. The molecular weight excluding hydrogens is 309 g/mol. The van der Waals surface area contributed by atoms with Crippen LogP contribution in [0.15, 0.2) is 48.5 Å². The predicted octanol–water partition coefficient (Wildman–Crippen LogP) is 3.59. The van der Waals surface area contributed by atoms with Crippen molar-refractivity contribution in [3.05, 3.63) is 71.0 Å². The first-order chi connectivity index (χ1) is 11.6. The van der Waals surface area contributed by atoms with Gasteiger partial charge in [0.2, 0.25) is 0 Å². The first kappa shape index (κ1) is 16.2. The maximum atomic E-state index is 13.1. The Labute approximate surface area is 139 Å². The van der Waals surface area contributed by atoms with E-state index in [1.807, 2.05) is 0 Å². The van der Waals surface area contributed by atoms with Gasteiger partial charge in [-0.3, -0.25) is 4.79 Å². The topological polar surface area (TPSA) is 46.6 Å². The summed E-state index contributed by atoms with van der Waals surface area (Å²) in [7, 11) is 1.31. The van der Waals surface area contributed by atoms with E-state index in [4.69, 9.17) is 4.74 Å². The summed E-state index contributed by atoms with van der Waals surface area (Å²) in [4.78, 5) is 26.3. The van der Waals surface area contributed by atoms with Gasteiger partial charge in [0.15, 0.2) is 0 Å². The predicted molar refractivity (Wildman–Crippen MR) is 87.2 cm³/mol. The summed E-state index contributed by atoms with van der Waals surface area (Å²) in [6.07, 6.45) is 1.73. The zero-order chi connectivity index (χ0) is 17.1. The molecule has 24 heavy (non-hydrogen) atoms. The van der Waals surface area contributed by atoms with Crippen LogP contribution in [0.1, 0.15) is 45.2 Å². The first-order valence-electron chi connectivity index (χ1n) is 7.85. The van der Waals surface area contributed by atoms with Crippen molar-refractivity contribution in [3.63, 3.8) is 0 Å². The Morgan fingerprint density at radius 1 is 1.12 bits per heavy atom. The Hall–Kier alpha value is -2.69. The molecule has 0 radical (unpaired) electrons. The average Bonchev–Trinajstić information content (AvgIpc) is 3.10. The SMILES string of the molecule is COC(=O)c1cccc(C(=O)N2CCC[C@@H]2c2ccc(F)cc2)c1. The summed E-state index contributed by atoms with van der Waals surface area (Å²) < 4.78 is 17.8. The van der Waals surface area contributed by atoms with Gasteiger partial charge in [-0.2, -0.15) is 0 Å².